The summed E-state index contributed by atoms with van der Waals surface area (Å²) in [6.07, 6.45) is -2.60. The maximum atomic E-state index is 13.9. The van der Waals surface area contributed by atoms with Crippen molar-refractivity contribution in [3.05, 3.63) is 40.9 Å². The molecule has 0 radical (unpaired) electrons. The van der Waals surface area contributed by atoms with E-state index in [4.69, 9.17) is 21.9 Å². The molecular weight excluding hydrogens is 376 g/mol. The molecule has 1 aromatic heterocycles. The topological polar surface area (TPSA) is 69.1 Å². The smallest absolute Gasteiger partial charge is 0.363 e. The molecule has 1 aliphatic carbocycles. The van der Waals surface area contributed by atoms with E-state index >= 15 is 0 Å². The predicted molar refractivity (Wildman–Crippen MR) is 86.2 cm³/mol. The van der Waals surface area contributed by atoms with E-state index in [9.17, 15) is 22.4 Å². The molecule has 2 unspecified atom stereocenters. The summed E-state index contributed by atoms with van der Waals surface area (Å²) >= 11 is 5.89. The Kier molecular flexibility index (Phi) is 4.96. The Morgan fingerprint density at radius 2 is 2.08 bits per heavy atom. The van der Waals surface area contributed by atoms with E-state index in [1.807, 2.05) is 0 Å². The van der Waals surface area contributed by atoms with E-state index in [2.05, 4.69) is 5.16 Å². The minimum atomic E-state index is -4.80. The number of benzene rings is 1. The van der Waals surface area contributed by atoms with Gasteiger partial charge in [-0.1, -0.05) is 11.2 Å². The number of hydrogen-bond donors (Lipinski definition) is 1. The lowest BCUT2D eigenvalue weighted by Crippen LogP contribution is -2.14. The van der Waals surface area contributed by atoms with Crippen LogP contribution in [0.25, 0.3) is 11.3 Å². The Balaban J connectivity index is 2.06. The highest BCUT2D eigenvalue weighted by Crippen LogP contribution is 2.44. The fourth-order valence-corrected chi connectivity index (χ4v) is 3.71. The summed E-state index contributed by atoms with van der Waals surface area (Å²) in [4.78, 5) is 11.7. The van der Waals surface area contributed by atoms with Gasteiger partial charge in [0, 0.05) is 17.0 Å². The zero-order chi connectivity index (χ0) is 19.1. The highest BCUT2D eigenvalue weighted by atomic mass is 35.5. The van der Waals surface area contributed by atoms with Gasteiger partial charge >= 0.3 is 6.18 Å². The first-order valence-corrected chi connectivity index (χ1v) is 8.48. The second kappa shape index (κ2) is 6.90. The normalized spacial score (nSPS) is 20.5. The van der Waals surface area contributed by atoms with Crippen LogP contribution in [0.1, 0.15) is 46.9 Å². The van der Waals surface area contributed by atoms with E-state index in [1.165, 1.54) is 0 Å². The maximum absolute atomic E-state index is 13.9. The molecule has 0 aliphatic heterocycles. The third kappa shape index (κ3) is 3.42. The summed E-state index contributed by atoms with van der Waals surface area (Å²) < 4.78 is 57.2. The van der Waals surface area contributed by atoms with Crippen LogP contribution < -0.4 is 5.73 Å². The van der Waals surface area contributed by atoms with Crippen LogP contribution in [0.15, 0.2) is 22.7 Å². The van der Waals surface area contributed by atoms with E-state index in [0.717, 1.165) is 18.6 Å². The van der Waals surface area contributed by atoms with Gasteiger partial charge in [0.05, 0.1) is 5.56 Å². The Hall–Kier alpha value is -2.09. The number of hydrogen-bond acceptors (Lipinski definition) is 3. The molecule has 1 saturated carbocycles. The Morgan fingerprint density at radius 3 is 2.62 bits per heavy atom. The molecule has 4 nitrogen and oxygen atoms in total. The zero-order valence-corrected chi connectivity index (χ0v) is 14.2. The SMILES string of the molecule is NC(=O)c1onc(-c2ccc(C(F)(F)F)c(F)c2)c1C1CCC(CCl)C1. The van der Waals surface area contributed by atoms with Crippen LogP contribution in [-0.4, -0.2) is 16.9 Å². The monoisotopic (exact) mass is 390 g/mol. The Labute approximate surface area is 151 Å². The van der Waals surface area contributed by atoms with Gasteiger partial charge in [-0.05, 0) is 43.2 Å². The van der Waals surface area contributed by atoms with Gasteiger partial charge in [0.25, 0.3) is 5.91 Å². The van der Waals surface area contributed by atoms with Gasteiger partial charge < -0.3 is 10.3 Å². The molecule has 1 fully saturated rings. The molecule has 1 heterocycles. The molecule has 2 atom stereocenters. The molecule has 0 spiro atoms. The molecule has 1 amide bonds. The largest absolute Gasteiger partial charge is 0.419 e. The number of amides is 1. The van der Waals surface area contributed by atoms with Crippen molar-refractivity contribution < 1.29 is 26.9 Å². The van der Waals surface area contributed by atoms with Gasteiger partial charge in [-0.2, -0.15) is 13.2 Å². The lowest BCUT2D eigenvalue weighted by molar-refractivity contribution is -0.139. The van der Waals surface area contributed by atoms with Crippen molar-refractivity contribution in [3.63, 3.8) is 0 Å². The summed E-state index contributed by atoms with van der Waals surface area (Å²) in [6, 6.07) is 2.48. The van der Waals surface area contributed by atoms with Crippen LogP contribution in [0.4, 0.5) is 17.6 Å². The van der Waals surface area contributed by atoms with Crippen molar-refractivity contribution in [2.45, 2.75) is 31.4 Å². The molecule has 26 heavy (non-hydrogen) atoms. The van der Waals surface area contributed by atoms with Crippen LogP contribution in [0.2, 0.25) is 0 Å². The summed E-state index contributed by atoms with van der Waals surface area (Å²) in [5.41, 5.74) is 4.59. The summed E-state index contributed by atoms with van der Waals surface area (Å²) in [7, 11) is 0. The molecule has 0 bridgehead atoms. The van der Waals surface area contributed by atoms with Crippen LogP contribution in [-0.2, 0) is 6.18 Å². The first-order chi connectivity index (χ1) is 12.2. The van der Waals surface area contributed by atoms with Crippen molar-refractivity contribution in [3.8, 4) is 11.3 Å². The fourth-order valence-electron chi connectivity index (χ4n) is 3.43. The van der Waals surface area contributed by atoms with Gasteiger partial charge in [-0.25, -0.2) is 4.39 Å². The third-order valence-electron chi connectivity index (χ3n) is 4.67. The van der Waals surface area contributed by atoms with Crippen molar-refractivity contribution in [1.29, 1.82) is 0 Å². The van der Waals surface area contributed by atoms with Gasteiger partial charge in [-0.3, -0.25) is 4.79 Å². The average Bonchev–Trinajstić information content (AvgIpc) is 3.19. The molecular formula is C17H15ClF4N2O2. The minimum absolute atomic E-state index is 0.0936. The average molecular weight is 391 g/mol. The lowest BCUT2D eigenvalue weighted by atomic mass is 9.91. The highest BCUT2D eigenvalue weighted by Gasteiger charge is 2.36. The molecule has 1 aromatic carbocycles. The fraction of sp³-hybridized carbons (Fsp3) is 0.412. The van der Waals surface area contributed by atoms with Gasteiger partial charge in [0.1, 0.15) is 11.5 Å². The van der Waals surface area contributed by atoms with E-state index < -0.39 is 23.5 Å². The number of rotatable bonds is 4. The number of nitrogens with two attached hydrogens (primary N) is 1. The number of halogens is 5. The quantitative estimate of drug-likeness (QED) is 0.606. The summed E-state index contributed by atoms with van der Waals surface area (Å²) in [6.45, 7) is 0. The van der Waals surface area contributed by atoms with E-state index in [-0.39, 0.29) is 28.9 Å². The van der Waals surface area contributed by atoms with Gasteiger partial charge in [-0.15, -0.1) is 11.6 Å². The second-order valence-corrected chi connectivity index (χ2v) is 6.67. The number of carbonyl (C=O) groups is 1. The number of primary amides is 1. The molecule has 1 aliphatic rings. The number of nitrogens with zero attached hydrogens (tertiary/aromatic N) is 1. The summed E-state index contributed by atoms with van der Waals surface area (Å²) in [5, 5.41) is 3.78. The highest BCUT2D eigenvalue weighted by molar-refractivity contribution is 6.18. The molecule has 140 valence electrons. The second-order valence-electron chi connectivity index (χ2n) is 6.36. The van der Waals surface area contributed by atoms with Crippen LogP contribution in [0.3, 0.4) is 0 Å². The van der Waals surface area contributed by atoms with Crippen LogP contribution >= 0.6 is 11.6 Å². The van der Waals surface area contributed by atoms with Gasteiger partial charge in [0.15, 0.2) is 0 Å². The first kappa shape index (κ1) is 18.7. The van der Waals surface area contributed by atoms with Crippen LogP contribution in [0, 0.1) is 11.7 Å². The lowest BCUT2D eigenvalue weighted by Gasteiger charge is -2.12. The number of alkyl halides is 4. The minimum Gasteiger partial charge on any atom is -0.363 e. The van der Waals surface area contributed by atoms with E-state index in [1.54, 1.807) is 0 Å². The third-order valence-corrected chi connectivity index (χ3v) is 5.10. The molecule has 9 heteroatoms. The Morgan fingerprint density at radius 1 is 1.35 bits per heavy atom. The summed E-state index contributed by atoms with van der Waals surface area (Å²) in [5.74, 6) is -1.84. The molecule has 0 saturated heterocycles. The maximum Gasteiger partial charge on any atom is 0.419 e. The van der Waals surface area contributed by atoms with Crippen molar-refractivity contribution in [2.24, 2.45) is 11.7 Å². The van der Waals surface area contributed by atoms with E-state index in [0.29, 0.717) is 30.4 Å². The molecule has 2 N–H and O–H groups in total. The number of carbonyl (C=O) groups excluding carboxylic acids is 1. The van der Waals surface area contributed by atoms with Gasteiger partial charge in [0.2, 0.25) is 5.76 Å². The molecule has 2 aromatic rings. The number of aromatic nitrogens is 1. The molecule has 3 rings (SSSR count). The van der Waals surface area contributed by atoms with Crippen molar-refractivity contribution in [2.75, 3.05) is 5.88 Å². The first-order valence-electron chi connectivity index (χ1n) is 7.94. The Bertz CT molecular complexity index is 835. The predicted octanol–water partition coefficient (Wildman–Crippen LogP) is 4.72. The standard InChI is InChI=1S/C17H15ClF4N2O2/c18-7-8-1-2-9(5-8)13-14(24-26-15(13)16(23)25)10-3-4-11(12(19)6-10)17(20,21)22/h3-4,6,8-9H,1-2,5,7H2,(H2,23,25). The van der Waals surface area contributed by atoms with Crippen molar-refractivity contribution in [1.82, 2.24) is 5.16 Å². The van der Waals surface area contributed by atoms with Crippen molar-refractivity contribution >= 4 is 17.5 Å². The zero-order valence-electron chi connectivity index (χ0n) is 13.4. The van der Waals surface area contributed by atoms with Crippen LogP contribution in [0.5, 0.6) is 0 Å².